The molecule has 4 rings (SSSR count). The molecular formula is C21H28ClN5O2Si. The van der Waals surface area contributed by atoms with Crippen molar-refractivity contribution in [2.45, 2.75) is 32.4 Å². The summed E-state index contributed by atoms with van der Waals surface area (Å²) in [4.78, 5) is 11.0. The molecule has 0 saturated carbocycles. The quantitative estimate of drug-likeness (QED) is 0.307. The van der Waals surface area contributed by atoms with Gasteiger partial charge in [-0.05, 0) is 24.2 Å². The first-order valence-corrected chi connectivity index (χ1v) is 14.4. The van der Waals surface area contributed by atoms with E-state index < -0.39 is 8.07 Å². The van der Waals surface area contributed by atoms with Gasteiger partial charge in [0.25, 0.3) is 0 Å². The average Bonchev–Trinajstić information content (AvgIpc) is 3.09. The molecule has 160 valence electrons. The molecule has 0 unspecified atom stereocenters. The number of rotatable bonds is 7. The third-order valence-electron chi connectivity index (χ3n) is 5.17. The van der Waals surface area contributed by atoms with Crippen molar-refractivity contribution in [1.29, 1.82) is 0 Å². The first-order valence-electron chi connectivity index (χ1n) is 10.3. The van der Waals surface area contributed by atoms with E-state index in [2.05, 4.69) is 40.6 Å². The van der Waals surface area contributed by atoms with Crippen molar-refractivity contribution in [1.82, 2.24) is 19.7 Å². The van der Waals surface area contributed by atoms with Gasteiger partial charge in [0.05, 0.1) is 24.9 Å². The Morgan fingerprint density at radius 1 is 1.17 bits per heavy atom. The minimum absolute atomic E-state index is 0.395. The number of aromatic nitrogens is 4. The van der Waals surface area contributed by atoms with Crippen molar-refractivity contribution in [2.75, 3.05) is 37.8 Å². The van der Waals surface area contributed by atoms with Crippen LogP contribution in [0.4, 0.5) is 5.82 Å². The van der Waals surface area contributed by atoms with Crippen LogP contribution in [-0.2, 0) is 16.2 Å². The van der Waals surface area contributed by atoms with Crippen LogP contribution >= 0.6 is 11.6 Å². The van der Waals surface area contributed by atoms with Crippen molar-refractivity contribution in [3.05, 3.63) is 35.7 Å². The lowest BCUT2D eigenvalue weighted by Crippen LogP contribution is -2.36. The number of halogens is 1. The fourth-order valence-corrected chi connectivity index (χ4v) is 4.33. The molecule has 1 saturated heterocycles. The summed E-state index contributed by atoms with van der Waals surface area (Å²) in [7, 11) is -1.13. The first-order chi connectivity index (χ1) is 14.4. The molecule has 3 aromatic rings. The van der Waals surface area contributed by atoms with Crippen LogP contribution in [0, 0.1) is 0 Å². The Hall–Kier alpha value is -2.00. The van der Waals surface area contributed by atoms with E-state index >= 15 is 0 Å². The topological polar surface area (TPSA) is 65.3 Å². The zero-order valence-corrected chi connectivity index (χ0v) is 19.5. The molecule has 0 atom stereocenters. The molecule has 0 aliphatic carbocycles. The third kappa shape index (κ3) is 5.00. The van der Waals surface area contributed by atoms with E-state index in [4.69, 9.17) is 26.2 Å². The van der Waals surface area contributed by atoms with Crippen molar-refractivity contribution < 1.29 is 9.47 Å². The first kappa shape index (κ1) is 21.2. The van der Waals surface area contributed by atoms with Crippen LogP contribution in [0.25, 0.3) is 22.2 Å². The van der Waals surface area contributed by atoms with Gasteiger partial charge in [0.1, 0.15) is 23.4 Å². The lowest BCUT2D eigenvalue weighted by molar-refractivity contribution is 0.0818. The van der Waals surface area contributed by atoms with E-state index in [0.717, 1.165) is 66.9 Å². The number of morpholine rings is 1. The summed E-state index contributed by atoms with van der Waals surface area (Å²) in [5.74, 6) is 0.935. The molecule has 0 spiro atoms. The maximum atomic E-state index is 6.21. The molecule has 1 aliphatic rings. The van der Waals surface area contributed by atoms with Crippen molar-refractivity contribution >= 4 is 36.4 Å². The van der Waals surface area contributed by atoms with Gasteiger partial charge in [0, 0.05) is 44.9 Å². The molecular weight excluding hydrogens is 418 g/mol. The summed E-state index contributed by atoms with van der Waals surface area (Å²) < 4.78 is 13.3. The Morgan fingerprint density at radius 2 is 1.97 bits per heavy atom. The predicted octanol–water partition coefficient (Wildman–Crippen LogP) is 4.30. The summed E-state index contributed by atoms with van der Waals surface area (Å²) in [6.07, 6.45) is 3.60. The molecule has 3 aromatic heterocycles. The number of hydrogen-bond acceptors (Lipinski definition) is 6. The van der Waals surface area contributed by atoms with E-state index in [1.54, 1.807) is 6.20 Å². The van der Waals surface area contributed by atoms with Gasteiger partial charge in [0.2, 0.25) is 0 Å². The summed E-state index contributed by atoms with van der Waals surface area (Å²) >= 11 is 6.21. The van der Waals surface area contributed by atoms with Gasteiger partial charge in [-0.25, -0.2) is 14.6 Å². The van der Waals surface area contributed by atoms with Crippen LogP contribution in [0.3, 0.4) is 0 Å². The number of hydrogen-bond donors (Lipinski definition) is 0. The molecule has 30 heavy (non-hydrogen) atoms. The third-order valence-corrected chi connectivity index (χ3v) is 7.08. The van der Waals surface area contributed by atoms with Gasteiger partial charge in [-0.15, -0.1) is 0 Å². The number of fused-ring (bicyclic) bond motifs is 1. The minimum atomic E-state index is -1.13. The number of ether oxygens (including phenoxy) is 2. The number of nitrogens with zero attached hydrogens (tertiary/aromatic N) is 5. The average molecular weight is 446 g/mol. The Labute approximate surface area is 183 Å². The number of pyridine rings is 2. The summed E-state index contributed by atoms with van der Waals surface area (Å²) in [5.41, 5.74) is 2.77. The van der Waals surface area contributed by atoms with Gasteiger partial charge in [-0.2, -0.15) is 5.10 Å². The van der Waals surface area contributed by atoms with Crippen molar-refractivity contribution in [3.8, 4) is 11.3 Å². The fourth-order valence-electron chi connectivity index (χ4n) is 3.42. The highest BCUT2D eigenvalue weighted by molar-refractivity contribution is 6.76. The molecule has 0 N–H and O–H groups in total. The van der Waals surface area contributed by atoms with Crippen LogP contribution < -0.4 is 4.90 Å². The Balaban J connectivity index is 1.63. The lowest BCUT2D eigenvalue weighted by Gasteiger charge is -2.27. The summed E-state index contributed by atoms with van der Waals surface area (Å²) in [6, 6.07) is 7.05. The van der Waals surface area contributed by atoms with E-state index in [-0.39, 0.29) is 0 Å². The second-order valence-corrected chi connectivity index (χ2v) is 14.7. The molecule has 0 aromatic carbocycles. The van der Waals surface area contributed by atoms with Gasteiger partial charge < -0.3 is 14.4 Å². The van der Waals surface area contributed by atoms with Gasteiger partial charge in [-0.1, -0.05) is 31.2 Å². The van der Waals surface area contributed by atoms with E-state index in [1.807, 2.05) is 23.0 Å². The smallest absolute Gasteiger partial charge is 0.140 e. The molecule has 9 heteroatoms. The fraction of sp³-hybridized carbons (Fsp3) is 0.476. The molecule has 1 fully saturated rings. The van der Waals surface area contributed by atoms with E-state index in [9.17, 15) is 0 Å². The Kier molecular flexibility index (Phi) is 6.38. The molecule has 0 amide bonds. The zero-order chi connectivity index (χ0) is 21.1. The Bertz CT molecular complexity index is 1010. The second-order valence-electron chi connectivity index (χ2n) is 8.72. The predicted molar refractivity (Wildman–Crippen MR) is 123 cm³/mol. The Morgan fingerprint density at radius 3 is 2.73 bits per heavy atom. The molecule has 0 radical (unpaired) electrons. The van der Waals surface area contributed by atoms with Gasteiger partial charge in [-0.3, -0.25) is 0 Å². The van der Waals surface area contributed by atoms with Crippen LogP contribution in [0.15, 0.2) is 30.6 Å². The molecule has 0 bridgehead atoms. The van der Waals surface area contributed by atoms with Gasteiger partial charge >= 0.3 is 0 Å². The van der Waals surface area contributed by atoms with Crippen LogP contribution in [-0.4, -0.2) is 60.7 Å². The largest absolute Gasteiger partial charge is 0.378 e. The zero-order valence-electron chi connectivity index (χ0n) is 17.8. The SMILES string of the molecule is C[Si](C)(C)CCOCn1nc(-c2ccnc(N3CCOCC3)c2)c2cc(Cl)ncc21. The van der Waals surface area contributed by atoms with Gasteiger partial charge in [0.15, 0.2) is 0 Å². The van der Waals surface area contributed by atoms with Crippen molar-refractivity contribution in [3.63, 3.8) is 0 Å². The number of anilines is 1. The second kappa shape index (κ2) is 9.01. The van der Waals surface area contributed by atoms with Crippen molar-refractivity contribution in [2.24, 2.45) is 0 Å². The monoisotopic (exact) mass is 445 g/mol. The van der Waals surface area contributed by atoms with E-state index in [0.29, 0.717) is 11.9 Å². The van der Waals surface area contributed by atoms with E-state index in [1.165, 1.54) is 0 Å². The van der Waals surface area contributed by atoms with Crippen LogP contribution in [0.1, 0.15) is 0 Å². The maximum absolute atomic E-state index is 6.21. The normalized spacial score (nSPS) is 15.1. The summed E-state index contributed by atoms with van der Waals surface area (Å²) in [6.45, 7) is 11.3. The highest BCUT2D eigenvalue weighted by Crippen LogP contribution is 2.31. The lowest BCUT2D eigenvalue weighted by atomic mass is 10.1. The molecule has 1 aliphatic heterocycles. The highest BCUT2D eigenvalue weighted by atomic mass is 35.5. The summed E-state index contributed by atoms with van der Waals surface area (Å²) in [5, 5.41) is 6.26. The van der Waals surface area contributed by atoms with Crippen LogP contribution in [0.5, 0.6) is 0 Å². The maximum Gasteiger partial charge on any atom is 0.140 e. The highest BCUT2D eigenvalue weighted by Gasteiger charge is 2.18. The molecule has 4 heterocycles. The molecule has 7 nitrogen and oxygen atoms in total. The standard InChI is InChI=1S/C21H28ClN5O2Si/c1-30(2,3)11-10-29-15-27-18-14-24-19(22)13-17(18)21(25-27)16-4-5-23-20(12-16)26-6-8-28-9-7-26/h4-5,12-14H,6-11,15H2,1-3H3. The van der Waals surface area contributed by atoms with Crippen LogP contribution in [0.2, 0.25) is 30.8 Å². The minimum Gasteiger partial charge on any atom is -0.378 e.